The van der Waals surface area contributed by atoms with Crippen molar-refractivity contribution in [1.82, 2.24) is 9.55 Å². The average Bonchev–Trinajstić information content (AvgIpc) is 2.91. The van der Waals surface area contributed by atoms with Crippen LogP contribution < -0.4 is 9.47 Å². The Morgan fingerprint density at radius 2 is 2.20 bits per heavy atom. The number of hydrogen-bond acceptors (Lipinski definition) is 4. The van der Waals surface area contributed by atoms with Crippen LogP contribution in [0.3, 0.4) is 0 Å². The summed E-state index contributed by atoms with van der Waals surface area (Å²) >= 11 is 0. The van der Waals surface area contributed by atoms with E-state index in [4.69, 9.17) is 9.47 Å². The van der Waals surface area contributed by atoms with Gasteiger partial charge in [-0.05, 0) is 26.0 Å². The van der Waals surface area contributed by atoms with Crippen molar-refractivity contribution < 1.29 is 14.3 Å². The van der Waals surface area contributed by atoms with Gasteiger partial charge < -0.3 is 14.0 Å². The number of imidazole rings is 1. The van der Waals surface area contributed by atoms with Gasteiger partial charge in [-0.2, -0.15) is 0 Å². The van der Waals surface area contributed by atoms with Crippen LogP contribution in [0.1, 0.15) is 29.9 Å². The standard InChI is InChI=1S/C15H18N2O3/c1-4-17-10-16-8-12(17)9-20-15-7-13(19-3)5-6-14(15)11(2)18/h5-8,10H,4,9H2,1-3H3. The van der Waals surface area contributed by atoms with E-state index in [1.165, 1.54) is 6.92 Å². The van der Waals surface area contributed by atoms with Gasteiger partial charge in [0.1, 0.15) is 18.1 Å². The second kappa shape index (κ2) is 6.23. The molecule has 0 saturated heterocycles. The maximum atomic E-state index is 11.6. The van der Waals surface area contributed by atoms with Crippen molar-refractivity contribution in [2.24, 2.45) is 0 Å². The monoisotopic (exact) mass is 274 g/mol. The molecular weight excluding hydrogens is 256 g/mol. The molecule has 0 radical (unpaired) electrons. The lowest BCUT2D eigenvalue weighted by Crippen LogP contribution is -2.06. The highest BCUT2D eigenvalue weighted by Crippen LogP contribution is 2.26. The number of rotatable bonds is 6. The van der Waals surface area contributed by atoms with Crippen LogP contribution in [0.15, 0.2) is 30.7 Å². The molecule has 0 unspecified atom stereocenters. The first-order valence-electron chi connectivity index (χ1n) is 6.46. The van der Waals surface area contributed by atoms with Gasteiger partial charge in [0.15, 0.2) is 5.78 Å². The Bertz CT molecular complexity index is 605. The topological polar surface area (TPSA) is 53.4 Å². The zero-order valence-corrected chi connectivity index (χ0v) is 11.9. The van der Waals surface area contributed by atoms with Crippen molar-refractivity contribution >= 4 is 5.78 Å². The molecule has 0 bridgehead atoms. The predicted octanol–water partition coefficient (Wildman–Crippen LogP) is 2.69. The molecule has 0 aliphatic rings. The average molecular weight is 274 g/mol. The molecule has 5 nitrogen and oxygen atoms in total. The van der Waals surface area contributed by atoms with Crippen LogP contribution in [0.2, 0.25) is 0 Å². The van der Waals surface area contributed by atoms with E-state index in [0.29, 0.717) is 23.7 Å². The van der Waals surface area contributed by atoms with E-state index < -0.39 is 0 Å². The summed E-state index contributed by atoms with van der Waals surface area (Å²) in [4.78, 5) is 15.7. The predicted molar refractivity (Wildman–Crippen MR) is 75.2 cm³/mol. The van der Waals surface area contributed by atoms with E-state index in [0.717, 1.165) is 12.2 Å². The second-order valence-electron chi connectivity index (χ2n) is 4.38. The molecule has 0 amide bonds. The largest absolute Gasteiger partial charge is 0.497 e. The molecule has 1 heterocycles. The number of benzene rings is 1. The van der Waals surface area contributed by atoms with Crippen molar-refractivity contribution in [3.05, 3.63) is 42.0 Å². The van der Waals surface area contributed by atoms with E-state index in [2.05, 4.69) is 4.98 Å². The van der Waals surface area contributed by atoms with Gasteiger partial charge in [0.25, 0.3) is 0 Å². The van der Waals surface area contributed by atoms with Gasteiger partial charge in [-0.25, -0.2) is 4.98 Å². The molecule has 0 aliphatic heterocycles. The van der Waals surface area contributed by atoms with Crippen molar-refractivity contribution in [2.45, 2.75) is 27.0 Å². The van der Waals surface area contributed by atoms with Gasteiger partial charge in [-0.1, -0.05) is 0 Å². The summed E-state index contributed by atoms with van der Waals surface area (Å²) in [5.41, 5.74) is 1.51. The van der Waals surface area contributed by atoms with Gasteiger partial charge in [0.05, 0.1) is 30.9 Å². The first-order chi connectivity index (χ1) is 9.65. The maximum Gasteiger partial charge on any atom is 0.163 e. The van der Waals surface area contributed by atoms with Gasteiger partial charge in [-0.3, -0.25) is 4.79 Å². The van der Waals surface area contributed by atoms with E-state index in [-0.39, 0.29) is 5.78 Å². The van der Waals surface area contributed by atoms with E-state index in [9.17, 15) is 4.79 Å². The molecule has 1 aromatic carbocycles. The number of nitrogens with zero attached hydrogens (tertiary/aromatic N) is 2. The first kappa shape index (κ1) is 14.1. The quantitative estimate of drug-likeness (QED) is 0.760. The fourth-order valence-electron chi connectivity index (χ4n) is 1.94. The van der Waals surface area contributed by atoms with E-state index >= 15 is 0 Å². The number of Topliss-reactive ketones (excluding diaryl/α,β-unsaturated/α-hetero) is 1. The highest BCUT2D eigenvalue weighted by Gasteiger charge is 2.11. The van der Waals surface area contributed by atoms with E-state index in [1.807, 2.05) is 11.5 Å². The Labute approximate surface area is 118 Å². The molecule has 0 aliphatic carbocycles. The lowest BCUT2D eigenvalue weighted by molar-refractivity contribution is 0.101. The Balaban J connectivity index is 2.21. The molecule has 0 saturated carbocycles. The Kier molecular flexibility index (Phi) is 4.40. The Hall–Kier alpha value is -2.30. The number of carbonyl (C=O) groups excluding carboxylic acids is 1. The highest BCUT2D eigenvalue weighted by atomic mass is 16.5. The molecule has 20 heavy (non-hydrogen) atoms. The molecule has 0 atom stereocenters. The van der Waals surface area contributed by atoms with Gasteiger partial charge in [0.2, 0.25) is 0 Å². The Morgan fingerprint density at radius 1 is 1.40 bits per heavy atom. The smallest absolute Gasteiger partial charge is 0.163 e. The summed E-state index contributed by atoms with van der Waals surface area (Å²) in [5, 5.41) is 0. The molecular formula is C15H18N2O3. The highest BCUT2D eigenvalue weighted by molar-refractivity contribution is 5.97. The number of hydrogen-bond donors (Lipinski definition) is 0. The second-order valence-corrected chi connectivity index (χ2v) is 4.38. The minimum Gasteiger partial charge on any atom is -0.497 e. The lowest BCUT2D eigenvalue weighted by Gasteiger charge is -2.12. The van der Waals surface area contributed by atoms with Crippen molar-refractivity contribution in [1.29, 1.82) is 0 Å². The molecule has 0 fully saturated rings. The van der Waals surface area contributed by atoms with E-state index in [1.54, 1.807) is 37.8 Å². The van der Waals surface area contributed by atoms with Crippen molar-refractivity contribution in [3.63, 3.8) is 0 Å². The summed E-state index contributed by atoms with van der Waals surface area (Å²) in [5.74, 6) is 1.15. The number of carbonyl (C=O) groups is 1. The zero-order valence-electron chi connectivity index (χ0n) is 11.9. The van der Waals surface area contributed by atoms with Crippen molar-refractivity contribution in [2.75, 3.05) is 7.11 Å². The number of aromatic nitrogens is 2. The fraction of sp³-hybridized carbons (Fsp3) is 0.333. The van der Waals surface area contributed by atoms with Gasteiger partial charge in [0, 0.05) is 12.6 Å². The van der Waals surface area contributed by atoms with Crippen LogP contribution >= 0.6 is 0 Å². The first-order valence-corrected chi connectivity index (χ1v) is 6.46. The molecule has 0 N–H and O–H groups in total. The summed E-state index contributed by atoms with van der Waals surface area (Å²) < 4.78 is 12.9. The molecule has 2 rings (SSSR count). The summed E-state index contributed by atoms with van der Waals surface area (Å²) in [7, 11) is 1.58. The third-order valence-electron chi connectivity index (χ3n) is 3.08. The zero-order chi connectivity index (χ0) is 14.5. The fourth-order valence-corrected chi connectivity index (χ4v) is 1.94. The normalized spacial score (nSPS) is 10.3. The van der Waals surface area contributed by atoms with Crippen LogP contribution in [0.5, 0.6) is 11.5 Å². The number of methoxy groups -OCH3 is 1. The molecule has 0 spiro atoms. The molecule has 106 valence electrons. The van der Waals surface area contributed by atoms with Crippen LogP contribution in [-0.2, 0) is 13.2 Å². The lowest BCUT2D eigenvalue weighted by atomic mass is 10.1. The number of ether oxygens (including phenoxy) is 2. The van der Waals surface area contributed by atoms with Gasteiger partial charge in [-0.15, -0.1) is 0 Å². The van der Waals surface area contributed by atoms with Crippen LogP contribution in [0.4, 0.5) is 0 Å². The Morgan fingerprint density at radius 3 is 2.85 bits per heavy atom. The van der Waals surface area contributed by atoms with Crippen LogP contribution in [0, 0.1) is 0 Å². The minimum atomic E-state index is -0.0355. The molecule has 2 aromatic rings. The SMILES string of the molecule is CCn1cncc1COc1cc(OC)ccc1C(C)=O. The molecule has 5 heteroatoms. The third-order valence-corrected chi connectivity index (χ3v) is 3.08. The summed E-state index contributed by atoms with van der Waals surface area (Å²) in [6.45, 7) is 4.75. The minimum absolute atomic E-state index is 0.0355. The third kappa shape index (κ3) is 2.99. The summed E-state index contributed by atoms with van der Waals surface area (Å²) in [6.07, 6.45) is 3.52. The number of aryl methyl sites for hydroxylation is 1. The van der Waals surface area contributed by atoms with Gasteiger partial charge >= 0.3 is 0 Å². The number of ketones is 1. The van der Waals surface area contributed by atoms with Crippen LogP contribution in [-0.4, -0.2) is 22.4 Å². The summed E-state index contributed by atoms with van der Waals surface area (Å²) in [6, 6.07) is 5.19. The maximum absolute atomic E-state index is 11.6. The van der Waals surface area contributed by atoms with Crippen molar-refractivity contribution in [3.8, 4) is 11.5 Å². The molecule has 1 aromatic heterocycles. The van der Waals surface area contributed by atoms with Crippen LogP contribution in [0.25, 0.3) is 0 Å².